The zero-order valence-electron chi connectivity index (χ0n) is 27.3. The molecule has 7 aromatic carbocycles. The largest absolute Gasteiger partial charge is 0.324 e. The van der Waals surface area contributed by atoms with Crippen LogP contribution in [-0.2, 0) is 0 Å². The summed E-state index contributed by atoms with van der Waals surface area (Å²) in [6.07, 6.45) is -0.398. The summed E-state index contributed by atoms with van der Waals surface area (Å²) in [6.45, 7) is 2.13. The summed E-state index contributed by atoms with van der Waals surface area (Å²) in [4.78, 5) is 10.4. The van der Waals surface area contributed by atoms with Crippen molar-refractivity contribution in [1.82, 2.24) is 5.32 Å². The highest BCUT2D eigenvalue weighted by Crippen LogP contribution is 2.31. The number of hydrogen-bond acceptors (Lipinski definition) is 3. The van der Waals surface area contributed by atoms with E-state index >= 15 is 0 Å². The molecule has 3 heteroatoms. The van der Waals surface area contributed by atoms with Gasteiger partial charge in [-0.25, -0.2) is 9.98 Å². The highest BCUT2D eigenvalue weighted by Gasteiger charge is 2.21. The van der Waals surface area contributed by atoms with Crippen molar-refractivity contribution in [3.05, 3.63) is 204 Å². The van der Waals surface area contributed by atoms with E-state index < -0.39 is 6.17 Å². The lowest BCUT2D eigenvalue weighted by atomic mass is 9.97. The normalized spacial score (nSPS) is 14.0. The van der Waals surface area contributed by atoms with Gasteiger partial charge in [0.2, 0.25) is 0 Å². The molecular formula is C46H35N3. The molecule has 1 N–H and O–H groups in total. The van der Waals surface area contributed by atoms with Gasteiger partial charge in [-0.3, -0.25) is 0 Å². The van der Waals surface area contributed by atoms with E-state index in [0.717, 1.165) is 45.1 Å². The average Bonchev–Trinajstić information content (AvgIpc) is 3.19. The second-order valence-corrected chi connectivity index (χ2v) is 12.4. The van der Waals surface area contributed by atoms with Crippen LogP contribution in [-0.4, -0.2) is 11.7 Å². The summed E-state index contributed by atoms with van der Waals surface area (Å²) in [7, 11) is 0. The molecular weight excluding hydrogens is 595 g/mol. The summed E-state index contributed by atoms with van der Waals surface area (Å²) in [6, 6.07) is 64.1. The number of nitrogens with zero attached hydrogens (tertiary/aromatic N) is 2. The number of rotatable bonds is 7. The van der Waals surface area contributed by atoms with Crippen LogP contribution in [0.2, 0.25) is 0 Å². The Morgan fingerprint density at radius 2 is 0.714 bits per heavy atom. The van der Waals surface area contributed by atoms with Crippen LogP contribution in [0.4, 0.5) is 0 Å². The number of benzene rings is 7. The summed E-state index contributed by atoms with van der Waals surface area (Å²) in [5, 5.41) is 3.62. The molecule has 8 rings (SSSR count). The van der Waals surface area contributed by atoms with Gasteiger partial charge in [0.25, 0.3) is 0 Å². The van der Waals surface area contributed by atoms with Gasteiger partial charge in [-0.1, -0.05) is 169 Å². The minimum atomic E-state index is -0.398. The lowest BCUT2D eigenvalue weighted by Crippen LogP contribution is -2.36. The van der Waals surface area contributed by atoms with Gasteiger partial charge in [0.1, 0.15) is 11.7 Å². The van der Waals surface area contributed by atoms with Crippen molar-refractivity contribution in [3.8, 4) is 44.5 Å². The minimum absolute atomic E-state index is 0.398. The lowest BCUT2D eigenvalue weighted by Gasteiger charge is -2.23. The monoisotopic (exact) mass is 629 g/mol. The van der Waals surface area contributed by atoms with Crippen LogP contribution >= 0.6 is 0 Å². The third-order valence-corrected chi connectivity index (χ3v) is 8.98. The molecule has 1 unspecified atom stereocenters. The predicted octanol–water partition coefficient (Wildman–Crippen LogP) is 11.2. The zero-order chi connectivity index (χ0) is 33.0. The van der Waals surface area contributed by atoms with Gasteiger partial charge < -0.3 is 5.32 Å². The second kappa shape index (κ2) is 13.4. The fourth-order valence-electron chi connectivity index (χ4n) is 6.40. The van der Waals surface area contributed by atoms with Crippen molar-refractivity contribution < 1.29 is 0 Å². The summed E-state index contributed by atoms with van der Waals surface area (Å²) in [5.41, 5.74) is 13.7. The van der Waals surface area contributed by atoms with Gasteiger partial charge in [0, 0.05) is 11.1 Å². The van der Waals surface area contributed by atoms with Crippen LogP contribution in [0.5, 0.6) is 0 Å². The second-order valence-electron chi connectivity index (χ2n) is 12.4. The molecule has 1 aliphatic rings. The molecule has 0 amide bonds. The zero-order valence-corrected chi connectivity index (χ0v) is 27.3. The van der Waals surface area contributed by atoms with E-state index in [1.165, 1.54) is 33.4 Å². The van der Waals surface area contributed by atoms with E-state index in [9.17, 15) is 0 Å². The third kappa shape index (κ3) is 6.60. The quantitative estimate of drug-likeness (QED) is 0.187. The Morgan fingerprint density at radius 3 is 1.22 bits per heavy atom. The van der Waals surface area contributed by atoms with Gasteiger partial charge in [-0.15, -0.1) is 0 Å². The van der Waals surface area contributed by atoms with E-state index in [4.69, 9.17) is 9.98 Å². The standard InChI is InChI=1S/C46H35N3/c1-32-12-8-17-37(28-32)39-19-9-20-40(29-39)41-21-11-23-43(31-41)46-48-44(36-26-24-35(25-27-36)33-13-4-2-5-14-33)47-45(49-46)42-22-10-18-38(30-42)34-15-6-3-7-16-34/h2-31,44H,1H3,(H,47,48,49). The number of nitrogens with one attached hydrogen (secondary N) is 1. The van der Waals surface area contributed by atoms with E-state index in [1.54, 1.807) is 0 Å². The SMILES string of the molecule is Cc1cccc(-c2cccc(-c3cccc(C4=NC(c5ccc(-c6ccccc6)cc5)N=C(c5cccc(-c6ccccc6)c5)N4)c3)c2)c1. The van der Waals surface area contributed by atoms with Gasteiger partial charge in [-0.2, -0.15) is 0 Å². The first-order valence-corrected chi connectivity index (χ1v) is 16.7. The fraction of sp³-hybridized carbons (Fsp3) is 0.0435. The molecule has 1 atom stereocenters. The Labute approximate surface area is 288 Å². The predicted molar refractivity (Wildman–Crippen MR) is 205 cm³/mol. The van der Waals surface area contributed by atoms with Crippen molar-refractivity contribution in [1.29, 1.82) is 0 Å². The maximum Gasteiger partial charge on any atom is 0.169 e. The first-order chi connectivity index (χ1) is 24.2. The molecule has 7 aromatic rings. The van der Waals surface area contributed by atoms with E-state index in [1.807, 2.05) is 12.1 Å². The Bertz CT molecular complexity index is 2300. The minimum Gasteiger partial charge on any atom is -0.324 e. The maximum atomic E-state index is 5.21. The average molecular weight is 630 g/mol. The van der Waals surface area contributed by atoms with E-state index in [2.05, 4.69) is 182 Å². The molecule has 1 aliphatic heterocycles. The lowest BCUT2D eigenvalue weighted by molar-refractivity contribution is 0.756. The molecule has 0 radical (unpaired) electrons. The first kappa shape index (κ1) is 30.0. The molecule has 0 saturated heterocycles. The van der Waals surface area contributed by atoms with Crippen molar-refractivity contribution in [2.45, 2.75) is 13.1 Å². The molecule has 0 aromatic heterocycles. The molecule has 0 saturated carbocycles. The molecule has 3 nitrogen and oxygen atoms in total. The van der Waals surface area contributed by atoms with Crippen LogP contribution < -0.4 is 5.32 Å². The van der Waals surface area contributed by atoms with Gasteiger partial charge in [-0.05, 0) is 75.2 Å². The molecule has 0 fully saturated rings. The van der Waals surface area contributed by atoms with Gasteiger partial charge >= 0.3 is 0 Å². The topological polar surface area (TPSA) is 36.8 Å². The maximum absolute atomic E-state index is 5.21. The highest BCUT2D eigenvalue weighted by atomic mass is 15.2. The van der Waals surface area contributed by atoms with Gasteiger partial charge in [0.15, 0.2) is 6.17 Å². The molecule has 234 valence electrons. The Kier molecular flexibility index (Phi) is 8.23. The van der Waals surface area contributed by atoms with Crippen molar-refractivity contribution in [3.63, 3.8) is 0 Å². The highest BCUT2D eigenvalue weighted by molar-refractivity contribution is 6.16. The van der Waals surface area contributed by atoms with Crippen LogP contribution in [0.1, 0.15) is 28.4 Å². The van der Waals surface area contributed by atoms with Crippen LogP contribution in [0, 0.1) is 6.92 Å². The Hall–Kier alpha value is -6.32. The number of aryl methyl sites for hydroxylation is 1. The van der Waals surface area contributed by atoms with E-state index in [0.29, 0.717) is 0 Å². The van der Waals surface area contributed by atoms with Crippen molar-refractivity contribution >= 4 is 11.7 Å². The van der Waals surface area contributed by atoms with Crippen molar-refractivity contribution in [2.75, 3.05) is 0 Å². The summed E-state index contributed by atoms with van der Waals surface area (Å²) in [5.74, 6) is 1.59. The Balaban J connectivity index is 1.17. The van der Waals surface area contributed by atoms with Crippen LogP contribution in [0.15, 0.2) is 192 Å². The summed E-state index contributed by atoms with van der Waals surface area (Å²) < 4.78 is 0. The molecule has 0 spiro atoms. The molecule has 49 heavy (non-hydrogen) atoms. The van der Waals surface area contributed by atoms with Crippen LogP contribution in [0.3, 0.4) is 0 Å². The summed E-state index contributed by atoms with van der Waals surface area (Å²) >= 11 is 0. The smallest absolute Gasteiger partial charge is 0.169 e. The van der Waals surface area contributed by atoms with Crippen molar-refractivity contribution in [2.24, 2.45) is 9.98 Å². The van der Waals surface area contributed by atoms with E-state index in [-0.39, 0.29) is 0 Å². The van der Waals surface area contributed by atoms with Gasteiger partial charge in [0.05, 0.1) is 0 Å². The molecule has 1 heterocycles. The number of aliphatic imine (C=N–C) groups is 2. The van der Waals surface area contributed by atoms with Crippen LogP contribution in [0.25, 0.3) is 44.5 Å². The molecule has 0 bridgehead atoms. The number of amidine groups is 2. The Morgan fingerprint density at radius 1 is 0.347 bits per heavy atom. The third-order valence-electron chi connectivity index (χ3n) is 8.98. The fourth-order valence-corrected chi connectivity index (χ4v) is 6.40. The number of hydrogen-bond donors (Lipinski definition) is 1. The molecule has 0 aliphatic carbocycles. The first-order valence-electron chi connectivity index (χ1n) is 16.7.